The Balaban J connectivity index is 1.79. The van der Waals surface area contributed by atoms with E-state index in [9.17, 15) is 33.6 Å². The van der Waals surface area contributed by atoms with Crippen LogP contribution in [0.2, 0.25) is 0 Å². The van der Waals surface area contributed by atoms with E-state index in [1.165, 1.54) is 18.0 Å². The SMILES string of the molecule is CC[C@H]1NC(=O)c2cccc(c2)CNC(=O)[C@H](CC(=O)OCOC(=O)C2CCCCC2)NC(=O)CNC(=O)[C@H](CCCN=C(N)N)N(C)C1=O. The Kier molecular flexibility index (Phi) is 15.5. The van der Waals surface area contributed by atoms with E-state index in [2.05, 4.69) is 26.3 Å². The van der Waals surface area contributed by atoms with Gasteiger partial charge >= 0.3 is 11.9 Å². The average Bonchev–Trinajstić information content (AvgIpc) is 3.10. The van der Waals surface area contributed by atoms with Crippen LogP contribution in [0.3, 0.4) is 0 Å². The highest BCUT2D eigenvalue weighted by Crippen LogP contribution is 2.24. The molecule has 1 aromatic rings. The van der Waals surface area contributed by atoms with Crippen LogP contribution < -0.4 is 32.7 Å². The number of nitrogens with zero attached hydrogens (tertiary/aromatic N) is 2. The van der Waals surface area contributed by atoms with Gasteiger partial charge in [-0.15, -0.1) is 0 Å². The minimum absolute atomic E-state index is 0.0719. The molecule has 50 heavy (non-hydrogen) atoms. The van der Waals surface area contributed by atoms with Gasteiger partial charge in [-0.05, 0) is 49.8 Å². The molecular formula is C33H48N8O9. The second-order valence-corrected chi connectivity index (χ2v) is 12.2. The number of ether oxygens (including phenoxy) is 2. The Bertz CT molecular complexity index is 1430. The molecule has 1 fully saturated rings. The van der Waals surface area contributed by atoms with Crippen LogP contribution in [0.1, 0.15) is 80.6 Å². The Labute approximate surface area is 290 Å². The van der Waals surface area contributed by atoms with Gasteiger partial charge in [0.25, 0.3) is 5.91 Å². The molecule has 2 bridgehead atoms. The van der Waals surface area contributed by atoms with Crippen LogP contribution in [0.15, 0.2) is 29.3 Å². The molecule has 0 saturated heterocycles. The molecule has 0 spiro atoms. The second-order valence-electron chi connectivity index (χ2n) is 12.2. The molecule has 0 unspecified atom stereocenters. The zero-order chi connectivity index (χ0) is 36.6. The van der Waals surface area contributed by atoms with E-state index in [-0.39, 0.29) is 43.4 Å². The monoisotopic (exact) mass is 700 g/mol. The van der Waals surface area contributed by atoms with E-state index in [4.69, 9.17) is 20.9 Å². The number of benzene rings is 1. The zero-order valence-electron chi connectivity index (χ0n) is 28.5. The number of carbonyl (C=O) groups is 7. The summed E-state index contributed by atoms with van der Waals surface area (Å²) in [5.74, 6) is -5.07. The van der Waals surface area contributed by atoms with Gasteiger partial charge in [-0.2, -0.15) is 0 Å². The van der Waals surface area contributed by atoms with Crippen molar-refractivity contribution >= 4 is 47.4 Å². The highest BCUT2D eigenvalue weighted by atomic mass is 16.7. The van der Waals surface area contributed by atoms with E-state index in [0.717, 1.165) is 19.3 Å². The first-order chi connectivity index (χ1) is 23.9. The first-order valence-electron chi connectivity index (χ1n) is 16.8. The molecule has 1 aromatic carbocycles. The maximum atomic E-state index is 13.5. The second kappa shape index (κ2) is 19.7. The summed E-state index contributed by atoms with van der Waals surface area (Å²) >= 11 is 0. The molecule has 0 aromatic heterocycles. The lowest BCUT2D eigenvalue weighted by molar-refractivity contribution is -0.171. The van der Waals surface area contributed by atoms with Gasteiger partial charge in [0, 0.05) is 25.7 Å². The minimum atomic E-state index is -1.43. The van der Waals surface area contributed by atoms with E-state index < -0.39 is 79.4 Å². The highest BCUT2D eigenvalue weighted by molar-refractivity contribution is 5.99. The number of rotatable bonds is 10. The Morgan fingerprint density at radius 3 is 2.36 bits per heavy atom. The first-order valence-corrected chi connectivity index (χ1v) is 16.8. The van der Waals surface area contributed by atoms with E-state index in [1.807, 2.05) is 0 Å². The fraction of sp³-hybridized carbons (Fsp3) is 0.576. The smallest absolute Gasteiger partial charge is 0.311 e. The predicted octanol–water partition coefficient (Wildman–Crippen LogP) is -0.679. The Hall–Kier alpha value is -5.22. The summed E-state index contributed by atoms with van der Waals surface area (Å²) in [7, 11) is 1.42. The molecule has 1 heterocycles. The van der Waals surface area contributed by atoms with Crippen LogP contribution in [0.25, 0.3) is 0 Å². The van der Waals surface area contributed by atoms with Crippen LogP contribution in [0.4, 0.5) is 0 Å². The van der Waals surface area contributed by atoms with Gasteiger partial charge in [0.2, 0.25) is 30.4 Å². The first kappa shape index (κ1) is 39.2. The largest absolute Gasteiger partial charge is 0.428 e. The van der Waals surface area contributed by atoms with E-state index in [0.29, 0.717) is 24.8 Å². The number of nitrogens with two attached hydrogens (primary N) is 2. The molecule has 2 aliphatic rings. The summed E-state index contributed by atoms with van der Waals surface area (Å²) in [6.07, 6.45) is 4.32. The number of guanidine groups is 1. The summed E-state index contributed by atoms with van der Waals surface area (Å²) in [6, 6.07) is 2.85. The topological polar surface area (TPSA) is 254 Å². The molecule has 274 valence electrons. The average molecular weight is 701 g/mol. The van der Waals surface area contributed by atoms with Crippen LogP contribution in [-0.4, -0.2) is 97.4 Å². The van der Waals surface area contributed by atoms with Crippen LogP contribution >= 0.6 is 0 Å². The summed E-state index contributed by atoms with van der Waals surface area (Å²) in [4.78, 5) is 96.4. The molecular weight excluding hydrogens is 652 g/mol. The Morgan fingerprint density at radius 2 is 1.66 bits per heavy atom. The van der Waals surface area contributed by atoms with Crippen molar-refractivity contribution in [2.75, 3.05) is 26.9 Å². The number of aliphatic imine (C=N–C) groups is 1. The number of nitrogens with one attached hydrogen (secondary N) is 4. The fourth-order valence-electron chi connectivity index (χ4n) is 5.68. The molecule has 3 atom stereocenters. The van der Waals surface area contributed by atoms with Gasteiger partial charge in [0.05, 0.1) is 18.9 Å². The van der Waals surface area contributed by atoms with Crippen LogP contribution in [-0.2, 0) is 44.8 Å². The number of likely N-dealkylation sites (N-methyl/N-ethyl adjacent to an activating group) is 1. The summed E-state index contributed by atoms with van der Waals surface area (Å²) in [6.45, 7) is 0.572. The molecule has 1 saturated carbocycles. The standard InChI is InChI=1S/C33H48N8O9/c1-3-23-31(47)41(2)25(13-8-14-36-33(34)35)30(46)38-18-26(42)39-24(16-27(43)49-19-50-32(48)21-10-5-4-6-11-21)29(45)37-17-20-9-7-12-22(15-20)28(44)40-23/h7,9,12,15,21,23-25H,3-6,8,10-11,13-14,16-19H2,1-2H3,(H,37,45)(H,38,46)(H,39,42)(H,40,44)(H4,34,35,36)/t23-,24+,25+/m1/s1. The molecule has 17 nitrogen and oxygen atoms in total. The van der Waals surface area contributed by atoms with Crippen molar-refractivity contribution in [2.45, 2.75) is 89.4 Å². The number of carbonyl (C=O) groups excluding carboxylic acids is 7. The van der Waals surface area contributed by atoms with Crippen molar-refractivity contribution in [3.8, 4) is 0 Å². The number of esters is 2. The van der Waals surface area contributed by atoms with Gasteiger partial charge in [-0.3, -0.25) is 38.6 Å². The molecule has 5 amide bonds. The molecule has 3 rings (SSSR count). The van der Waals surface area contributed by atoms with Crippen molar-refractivity contribution in [2.24, 2.45) is 22.4 Å². The van der Waals surface area contributed by atoms with Crippen molar-refractivity contribution in [3.05, 3.63) is 35.4 Å². The van der Waals surface area contributed by atoms with Crippen molar-refractivity contribution < 1.29 is 43.0 Å². The molecule has 0 radical (unpaired) electrons. The third-order valence-corrected chi connectivity index (χ3v) is 8.52. The van der Waals surface area contributed by atoms with Crippen LogP contribution in [0.5, 0.6) is 0 Å². The number of amides is 5. The van der Waals surface area contributed by atoms with Crippen LogP contribution in [0, 0.1) is 5.92 Å². The van der Waals surface area contributed by atoms with Gasteiger partial charge in [-0.1, -0.05) is 38.3 Å². The fourth-order valence-corrected chi connectivity index (χ4v) is 5.68. The van der Waals surface area contributed by atoms with Crippen molar-refractivity contribution in [1.82, 2.24) is 26.2 Å². The van der Waals surface area contributed by atoms with Gasteiger partial charge in [0.15, 0.2) is 5.96 Å². The normalized spacial score (nSPS) is 21.4. The van der Waals surface area contributed by atoms with Gasteiger partial charge in [0.1, 0.15) is 18.1 Å². The number of fused-ring (bicyclic) bond motifs is 2. The lowest BCUT2D eigenvalue weighted by atomic mass is 9.89. The summed E-state index contributed by atoms with van der Waals surface area (Å²) in [5.41, 5.74) is 11.5. The molecule has 1 aliphatic heterocycles. The quantitative estimate of drug-likeness (QED) is 0.0586. The van der Waals surface area contributed by atoms with Gasteiger partial charge in [-0.25, -0.2) is 0 Å². The molecule has 17 heteroatoms. The summed E-state index contributed by atoms with van der Waals surface area (Å²) < 4.78 is 10.1. The zero-order valence-corrected chi connectivity index (χ0v) is 28.5. The summed E-state index contributed by atoms with van der Waals surface area (Å²) in [5, 5.41) is 10.3. The highest BCUT2D eigenvalue weighted by Gasteiger charge is 2.32. The third-order valence-electron chi connectivity index (χ3n) is 8.52. The van der Waals surface area contributed by atoms with Crippen molar-refractivity contribution in [1.29, 1.82) is 0 Å². The maximum Gasteiger partial charge on any atom is 0.311 e. The van der Waals surface area contributed by atoms with Gasteiger partial charge < -0.3 is 47.1 Å². The number of hydrogen-bond acceptors (Lipinski definition) is 10. The molecule has 8 N–H and O–H groups in total. The lowest BCUT2D eigenvalue weighted by Crippen LogP contribution is -2.55. The number of hydrogen-bond donors (Lipinski definition) is 6. The van der Waals surface area contributed by atoms with E-state index >= 15 is 0 Å². The van der Waals surface area contributed by atoms with E-state index in [1.54, 1.807) is 25.1 Å². The third kappa shape index (κ3) is 12.3. The van der Waals surface area contributed by atoms with Crippen molar-refractivity contribution in [3.63, 3.8) is 0 Å². The Morgan fingerprint density at radius 1 is 0.940 bits per heavy atom. The maximum absolute atomic E-state index is 13.5. The predicted molar refractivity (Wildman–Crippen MR) is 179 cm³/mol. The lowest BCUT2D eigenvalue weighted by Gasteiger charge is -2.30. The molecule has 1 aliphatic carbocycles. The minimum Gasteiger partial charge on any atom is -0.428 e.